The molecule has 0 aromatic rings. The molecule has 0 radical (unpaired) electrons. The monoisotopic (exact) mass is 590 g/mol. The molecule has 0 aliphatic carbocycles. The average Bonchev–Trinajstić information content (AvgIpc) is 2.98. The second kappa shape index (κ2) is 30.3. The number of unbranched alkanes of at least 4 members (excludes halogenated alkanes) is 8. The molecule has 0 aromatic heterocycles. The van der Waals surface area contributed by atoms with Gasteiger partial charge in [0.2, 0.25) is 0 Å². The zero-order valence-corrected chi connectivity index (χ0v) is 27.0. The lowest BCUT2D eigenvalue weighted by Crippen LogP contribution is -2.25. The predicted molar refractivity (Wildman–Crippen MR) is 174 cm³/mol. The highest BCUT2D eigenvalue weighted by molar-refractivity contribution is 5.69. The van der Waals surface area contributed by atoms with Crippen molar-refractivity contribution in [2.45, 2.75) is 149 Å². The van der Waals surface area contributed by atoms with Gasteiger partial charge in [-0.15, -0.1) is 0 Å². The van der Waals surface area contributed by atoms with E-state index in [0.29, 0.717) is 12.8 Å². The average molecular weight is 591 g/mol. The highest BCUT2D eigenvalue weighted by Crippen LogP contribution is 2.14. The largest absolute Gasteiger partial charge is 0.463 e. The summed E-state index contributed by atoms with van der Waals surface area (Å²) in [6, 6.07) is 0. The molecule has 42 heavy (non-hydrogen) atoms. The molecular weight excluding hydrogens is 528 g/mol. The molecule has 0 aromatic carbocycles. The fourth-order valence-electron chi connectivity index (χ4n) is 4.22. The smallest absolute Gasteiger partial charge is 0.305 e. The van der Waals surface area contributed by atoms with E-state index in [9.17, 15) is 19.8 Å². The number of allylic oxidation sites excluding steroid dienone is 7. The van der Waals surface area contributed by atoms with E-state index in [2.05, 4.69) is 51.2 Å². The minimum Gasteiger partial charge on any atom is -0.463 e. The maximum atomic E-state index is 11.9. The lowest BCUT2D eigenvalue weighted by molar-refractivity contribution is -0.152. The van der Waals surface area contributed by atoms with Crippen LogP contribution in [-0.4, -0.2) is 47.6 Å². The van der Waals surface area contributed by atoms with Gasteiger partial charge in [0.1, 0.15) is 19.3 Å². The number of esters is 2. The molecule has 0 spiro atoms. The zero-order chi connectivity index (χ0) is 31.1. The third-order valence-corrected chi connectivity index (χ3v) is 7.21. The van der Waals surface area contributed by atoms with E-state index < -0.39 is 6.10 Å². The van der Waals surface area contributed by atoms with Gasteiger partial charge in [0, 0.05) is 12.8 Å². The summed E-state index contributed by atoms with van der Waals surface area (Å²) in [5, 5.41) is 19.8. The van der Waals surface area contributed by atoms with Crippen LogP contribution in [0.3, 0.4) is 0 Å². The van der Waals surface area contributed by atoms with Gasteiger partial charge in [0.25, 0.3) is 0 Å². The van der Waals surface area contributed by atoms with Crippen molar-refractivity contribution in [3.05, 3.63) is 48.6 Å². The summed E-state index contributed by atoms with van der Waals surface area (Å²) < 4.78 is 10.2. The van der Waals surface area contributed by atoms with E-state index in [1.165, 1.54) is 38.5 Å². The maximum Gasteiger partial charge on any atom is 0.305 e. The van der Waals surface area contributed by atoms with Gasteiger partial charge in [0.05, 0.1) is 6.10 Å². The quantitative estimate of drug-likeness (QED) is 0.0410. The molecule has 0 aliphatic heterocycles. The van der Waals surface area contributed by atoms with Crippen LogP contribution in [0.15, 0.2) is 48.6 Å². The van der Waals surface area contributed by atoms with Crippen molar-refractivity contribution in [2.75, 3.05) is 13.2 Å². The number of hydrogen-bond donors (Lipinski definition) is 2. The summed E-state index contributed by atoms with van der Waals surface area (Å²) in [6.07, 6.45) is 32.1. The molecule has 0 bridgehead atoms. The number of carbonyl (C=O) groups is 2. The van der Waals surface area contributed by atoms with Crippen molar-refractivity contribution in [2.24, 2.45) is 5.92 Å². The topological polar surface area (TPSA) is 93.1 Å². The normalized spacial score (nSPS) is 14.3. The summed E-state index contributed by atoms with van der Waals surface area (Å²) >= 11 is 0. The molecule has 0 saturated carbocycles. The Bertz CT molecular complexity index is 754. The summed E-state index contributed by atoms with van der Waals surface area (Å²) in [5.41, 5.74) is 0. The Morgan fingerprint density at radius 2 is 1.24 bits per heavy atom. The number of hydrogen-bond acceptors (Lipinski definition) is 6. The van der Waals surface area contributed by atoms with Crippen LogP contribution in [0.5, 0.6) is 0 Å². The highest BCUT2D eigenvalue weighted by atomic mass is 16.6. The molecule has 0 fully saturated rings. The molecule has 2 N–H and O–H groups in total. The van der Waals surface area contributed by atoms with Crippen LogP contribution in [-0.2, 0) is 19.1 Å². The van der Waals surface area contributed by atoms with E-state index >= 15 is 0 Å². The van der Waals surface area contributed by atoms with Crippen LogP contribution >= 0.6 is 0 Å². The van der Waals surface area contributed by atoms with Crippen LogP contribution in [0.1, 0.15) is 136 Å². The molecule has 3 atom stereocenters. The van der Waals surface area contributed by atoms with Crippen LogP contribution in [0.25, 0.3) is 0 Å². The Hall–Kier alpha value is -2.18. The van der Waals surface area contributed by atoms with Gasteiger partial charge in [-0.05, 0) is 44.4 Å². The summed E-state index contributed by atoms with van der Waals surface area (Å²) in [5.74, 6) is 0.156. The first kappa shape index (κ1) is 39.8. The van der Waals surface area contributed by atoms with Crippen molar-refractivity contribution < 1.29 is 29.3 Å². The van der Waals surface area contributed by atoms with Gasteiger partial charge in [-0.25, -0.2) is 0 Å². The third-order valence-electron chi connectivity index (χ3n) is 7.21. The van der Waals surface area contributed by atoms with Crippen LogP contribution in [0.4, 0.5) is 0 Å². The van der Waals surface area contributed by atoms with Gasteiger partial charge >= 0.3 is 11.9 Å². The van der Waals surface area contributed by atoms with Crippen LogP contribution < -0.4 is 0 Å². The highest BCUT2D eigenvalue weighted by Gasteiger charge is 2.12. The fourth-order valence-corrected chi connectivity index (χ4v) is 4.22. The number of carbonyl (C=O) groups excluding carboxylic acids is 2. The van der Waals surface area contributed by atoms with Gasteiger partial charge in [-0.1, -0.05) is 134 Å². The van der Waals surface area contributed by atoms with Gasteiger partial charge < -0.3 is 19.7 Å². The summed E-state index contributed by atoms with van der Waals surface area (Å²) in [4.78, 5) is 23.7. The van der Waals surface area contributed by atoms with E-state index in [1.54, 1.807) is 0 Å². The van der Waals surface area contributed by atoms with Gasteiger partial charge in [-0.2, -0.15) is 0 Å². The maximum absolute atomic E-state index is 11.9. The molecule has 0 aliphatic rings. The first-order valence-corrected chi connectivity index (χ1v) is 16.7. The lowest BCUT2D eigenvalue weighted by atomic mass is 10.00. The molecule has 6 heteroatoms. The first-order valence-electron chi connectivity index (χ1n) is 16.7. The molecule has 6 nitrogen and oxygen atoms in total. The Labute approximate surface area is 257 Å². The number of aliphatic hydroxyl groups excluding tert-OH is 2. The molecular formula is C36H62O6. The third kappa shape index (κ3) is 29.3. The second-order valence-corrected chi connectivity index (χ2v) is 11.4. The predicted octanol–water partition coefficient (Wildman–Crippen LogP) is 8.72. The number of rotatable bonds is 28. The number of aliphatic hydroxyl groups is 2. The van der Waals surface area contributed by atoms with Crippen molar-refractivity contribution in [1.82, 2.24) is 0 Å². The zero-order valence-electron chi connectivity index (χ0n) is 27.0. The molecule has 1 unspecified atom stereocenters. The minimum atomic E-state index is -0.997. The first-order chi connectivity index (χ1) is 20.4. The van der Waals surface area contributed by atoms with E-state index in [4.69, 9.17) is 9.47 Å². The summed E-state index contributed by atoms with van der Waals surface area (Å²) in [7, 11) is 0. The summed E-state index contributed by atoms with van der Waals surface area (Å²) in [6.45, 7) is 6.40. The van der Waals surface area contributed by atoms with Crippen molar-refractivity contribution in [3.63, 3.8) is 0 Å². The SMILES string of the molecule is CCCCC[C@@H](O)/C=C/C=C\C/C=C\C/C=C\CCCC(=O)OC[C@@H](O)COC(=O)CCCCCCCCC(C)CC. The van der Waals surface area contributed by atoms with E-state index in [0.717, 1.165) is 63.7 Å². The second-order valence-electron chi connectivity index (χ2n) is 11.4. The molecule has 0 amide bonds. The molecule has 242 valence electrons. The van der Waals surface area contributed by atoms with Crippen LogP contribution in [0.2, 0.25) is 0 Å². The molecule has 0 rings (SSSR count). The van der Waals surface area contributed by atoms with Gasteiger partial charge in [-0.3, -0.25) is 9.59 Å². The Balaban J connectivity index is 3.66. The fraction of sp³-hybridized carbons (Fsp3) is 0.722. The van der Waals surface area contributed by atoms with Gasteiger partial charge in [0.15, 0.2) is 0 Å². The molecule has 0 heterocycles. The Morgan fingerprint density at radius 1 is 0.667 bits per heavy atom. The van der Waals surface area contributed by atoms with E-state index in [1.807, 2.05) is 18.2 Å². The van der Waals surface area contributed by atoms with Crippen molar-refractivity contribution >= 4 is 11.9 Å². The number of ether oxygens (including phenoxy) is 2. The minimum absolute atomic E-state index is 0.146. The Kier molecular flexibility index (Phi) is 28.7. The standard InChI is InChI=1S/C36H62O6/c1-4-6-20-26-33(37)27-22-17-12-10-8-7-9-11-13-18-23-28-35(39)41-30-34(38)31-42-36(40)29-24-19-15-14-16-21-25-32(3)5-2/h7-8,11-13,17,22,27,32-34,37-38H,4-6,9-10,14-16,18-21,23-26,28-31H2,1-3H3/b8-7-,13-11-,17-12-,27-22+/t32?,33-,34-/m1/s1. The Morgan fingerprint density at radius 3 is 1.90 bits per heavy atom. The lowest BCUT2D eigenvalue weighted by Gasteiger charge is -2.12. The van der Waals surface area contributed by atoms with Crippen molar-refractivity contribution in [3.8, 4) is 0 Å². The molecule has 0 saturated heterocycles. The van der Waals surface area contributed by atoms with Crippen molar-refractivity contribution in [1.29, 1.82) is 0 Å². The van der Waals surface area contributed by atoms with Crippen LogP contribution in [0, 0.1) is 5.92 Å². The van der Waals surface area contributed by atoms with E-state index in [-0.39, 0.29) is 37.7 Å².